The van der Waals surface area contributed by atoms with E-state index in [0.717, 1.165) is 16.0 Å². The van der Waals surface area contributed by atoms with Crippen LogP contribution in [-0.4, -0.2) is 51.7 Å². The Morgan fingerprint density at radius 2 is 1.82 bits per heavy atom. The molecule has 0 atom stereocenters. The Labute approximate surface area is 236 Å². The molecule has 3 N–H and O–H groups in total. The van der Waals surface area contributed by atoms with Crippen LogP contribution in [0.5, 0.6) is 0 Å². The van der Waals surface area contributed by atoms with Crippen molar-refractivity contribution in [2.45, 2.75) is 39.3 Å². The minimum absolute atomic E-state index is 0.199. The maximum absolute atomic E-state index is 13.0. The fraction of sp³-hybridized carbons (Fsp3) is 0.267. The summed E-state index contributed by atoms with van der Waals surface area (Å²) in [4.78, 5) is 40.8. The topological polar surface area (TPSA) is 116 Å². The molecular formula is C30H31N5O4S. The van der Waals surface area contributed by atoms with Crippen LogP contribution in [0.15, 0.2) is 66.1 Å². The zero-order valence-electron chi connectivity index (χ0n) is 22.6. The average Bonchev–Trinajstić information content (AvgIpc) is 3.61. The van der Waals surface area contributed by atoms with Crippen LogP contribution in [0.2, 0.25) is 0 Å². The van der Waals surface area contributed by atoms with Gasteiger partial charge in [-0.3, -0.25) is 14.7 Å². The number of anilines is 1. The number of fused-ring (bicyclic) bond motifs is 1. The second-order valence-corrected chi connectivity index (χ2v) is 11.6. The van der Waals surface area contributed by atoms with Crippen LogP contribution >= 0.6 is 11.3 Å². The average molecular weight is 558 g/mol. The van der Waals surface area contributed by atoms with Crippen LogP contribution < -0.4 is 10.6 Å². The number of ether oxygens (including phenoxy) is 1. The molecule has 5 rings (SSSR count). The molecule has 10 heteroatoms. The summed E-state index contributed by atoms with van der Waals surface area (Å²) >= 11 is 1.58. The standard InChI is InChI=1S/C30H31N5O4S/c1-30(2,3)39-29(38)35-14-12-20(13-15-35)19-6-8-21(9-7-19)28(37)32-26-24-17-22(10-11-25(24)33-34-26)27(36)31-18-23-5-4-16-40-23/h4-12,16-17H,13-15,18H2,1-3H3,(H,31,36)(H2,32,33,34,37). The molecule has 40 heavy (non-hydrogen) atoms. The van der Waals surface area contributed by atoms with Crippen LogP contribution in [0, 0.1) is 0 Å². The van der Waals surface area contributed by atoms with Crippen molar-refractivity contribution in [3.05, 3.63) is 87.6 Å². The number of aromatic amines is 1. The normalized spacial score (nSPS) is 13.6. The van der Waals surface area contributed by atoms with Crippen molar-refractivity contribution in [1.82, 2.24) is 20.4 Å². The predicted octanol–water partition coefficient (Wildman–Crippen LogP) is 5.83. The van der Waals surface area contributed by atoms with E-state index in [9.17, 15) is 14.4 Å². The number of nitrogens with zero attached hydrogens (tertiary/aromatic N) is 2. The molecule has 0 fully saturated rings. The molecule has 0 aliphatic carbocycles. The van der Waals surface area contributed by atoms with Gasteiger partial charge < -0.3 is 20.3 Å². The summed E-state index contributed by atoms with van der Waals surface area (Å²) in [7, 11) is 0. The smallest absolute Gasteiger partial charge is 0.410 e. The van der Waals surface area contributed by atoms with Crippen molar-refractivity contribution >= 4 is 51.5 Å². The molecule has 206 valence electrons. The van der Waals surface area contributed by atoms with Crippen molar-refractivity contribution < 1.29 is 19.1 Å². The van der Waals surface area contributed by atoms with Crippen molar-refractivity contribution in [2.24, 2.45) is 0 Å². The van der Waals surface area contributed by atoms with Crippen LogP contribution in [0.1, 0.15) is 58.3 Å². The molecule has 3 amide bonds. The van der Waals surface area contributed by atoms with E-state index in [0.29, 0.717) is 53.9 Å². The third kappa shape index (κ3) is 6.40. The number of thiophene rings is 1. The van der Waals surface area contributed by atoms with Gasteiger partial charge in [0.15, 0.2) is 5.82 Å². The van der Waals surface area contributed by atoms with Gasteiger partial charge in [-0.25, -0.2) is 4.79 Å². The van der Waals surface area contributed by atoms with E-state index in [2.05, 4.69) is 20.8 Å². The Hall–Kier alpha value is -4.44. The van der Waals surface area contributed by atoms with Gasteiger partial charge in [0.2, 0.25) is 0 Å². The van der Waals surface area contributed by atoms with E-state index in [1.165, 1.54) is 0 Å². The monoisotopic (exact) mass is 557 g/mol. The minimum atomic E-state index is -0.527. The number of hydrogen-bond acceptors (Lipinski definition) is 6. The molecule has 3 heterocycles. The lowest BCUT2D eigenvalue weighted by Crippen LogP contribution is -2.39. The van der Waals surface area contributed by atoms with Gasteiger partial charge in [0, 0.05) is 34.5 Å². The number of amides is 3. The minimum Gasteiger partial charge on any atom is -0.444 e. The van der Waals surface area contributed by atoms with Gasteiger partial charge in [-0.15, -0.1) is 11.3 Å². The number of carbonyl (C=O) groups is 3. The van der Waals surface area contributed by atoms with Crippen LogP contribution in [0.3, 0.4) is 0 Å². The summed E-state index contributed by atoms with van der Waals surface area (Å²) in [6, 6.07) is 16.5. The van der Waals surface area contributed by atoms with Crippen LogP contribution in [-0.2, 0) is 11.3 Å². The quantitative estimate of drug-likeness (QED) is 0.276. The third-order valence-corrected chi connectivity index (χ3v) is 7.32. The first-order valence-corrected chi connectivity index (χ1v) is 13.9. The maximum Gasteiger partial charge on any atom is 0.410 e. The molecular weight excluding hydrogens is 526 g/mol. The van der Waals surface area contributed by atoms with E-state index in [-0.39, 0.29) is 17.9 Å². The number of nitrogens with one attached hydrogen (secondary N) is 3. The molecule has 0 radical (unpaired) electrons. The lowest BCUT2D eigenvalue weighted by molar-refractivity contribution is 0.0270. The zero-order valence-corrected chi connectivity index (χ0v) is 23.4. The zero-order chi connectivity index (χ0) is 28.3. The summed E-state index contributed by atoms with van der Waals surface area (Å²) in [5, 5.41) is 15.5. The van der Waals surface area contributed by atoms with Crippen molar-refractivity contribution in [2.75, 3.05) is 18.4 Å². The summed E-state index contributed by atoms with van der Waals surface area (Å²) in [6.45, 7) is 7.07. The highest BCUT2D eigenvalue weighted by molar-refractivity contribution is 7.09. The summed E-state index contributed by atoms with van der Waals surface area (Å²) in [5.74, 6) is -0.147. The number of hydrogen-bond donors (Lipinski definition) is 3. The van der Waals surface area contributed by atoms with Crippen molar-refractivity contribution in [1.29, 1.82) is 0 Å². The van der Waals surface area contributed by atoms with E-state index in [4.69, 9.17) is 4.74 Å². The van der Waals surface area contributed by atoms with E-state index in [1.807, 2.05) is 56.5 Å². The highest BCUT2D eigenvalue weighted by Gasteiger charge is 2.24. The van der Waals surface area contributed by atoms with Gasteiger partial charge in [0.05, 0.1) is 12.1 Å². The number of H-pyrrole nitrogens is 1. The molecule has 1 aliphatic heterocycles. The Morgan fingerprint density at radius 1 is 1.05 bits per heavy atom. The molecule has 0 saturated heterocycles. The second kappa shape index (κ2) is 11.4. The molecule has 4 aromatic rings. The Kier molecular flexibility index (Phi) is 7.70. The highest BCUT2D eigenvalue weighted by Crippen LogP contribution is 2.25. The van der Waals surface area contributed by atoms with Gasteiger partial charge in [-0.05, 0) is 80.1 Å². The first-order valence-electron chi connectivity index (χ1n) is 13.0. The van der Waals surface area contributed by atoms with Gasteiger partial charge in [-0.1, -0.05) is 24.3 Å². The largest absolute Gasteiger partial charge is 0.444 e. The molecule has 0 spiro atoms. The number of carbonyl (C=O) groups excluding carboxylic acids is 3. The Bertz CT molecular complexity index is 1570. The summed E-state index contributed by atoms with van der Waals surface area (Å²) < 4.78 is 5.46. The number of aromatic nitrogens is 2. The fourth-order valence-electron chi connectivity index (χ4n) is 4.37. The van der Waals surface area contributed by atoms with Gasteiger partial charge in [-0.2, -0.15) is 5.10 Å². The van der Waals surface area contributed by atoms with E-state index in [1.54, 1.807) is 46.6 Å². The SMILES string of the molecule is CC(C)(C)OC(=O)N1CC=C(c2ccc(C(=O)Nc3n[nH]c4ccc(C(=O)NCc5cccs5)cc34)cc2)CC1. The lowest BCUT2D eigenvalue weighted by Gasteiger charge is -2.29. The summed E-state index contributed by atoms with van der Waals surface area (Å²) in [5.41, 5.74) is 3.28. The van der Waals surface area contributed by atoms with Gasteiger partial charge in [0.1, 0.15) is 5.60 Å². The maximum atomic E-state index is 13.0. The molecule has 1 aliphatic rings. The first-order chi connectivity index (χ1) is 19.2. The Balaban J connectivity index is 1.22. The Morgan fingerprint density at radius 3 is 2.50 bits per heavy atom. The molecule has 0 unspecified atom stereocenters. The van der Waals surface area contributed by atoms with Crippen molar-refractivity contribution in [3.8, 4) is 0 Å². The third-order valence-electron chi connectivity index (χ3n) is 6.44. The molecule has 0 saturated carbocycles. The van der Waals surface area contributed by atoms with Gasteiger partial charge >= 0.3 is 6.09 Å². The number of benzene rings is 2. The highest BCUT2D eigenvalue weighted by atomic mass is 32.1. The van der Waals surface area contributed by atoms with Crippen LogP contribution in [0.4, 0.5) is 10.6 Å². The first kappa shape index (κ1) is 27.1. The number of rotatable bonds is 6. The van der Waals surface area contributed by atoms with Crippen molar-refractivity contribution in [3.63, 3.8) is 0 Å². The van der Waals surface area contributed by atoms with Gasteiger partial charge in [0.25, 0.3) is 11.8 Å². The molecule has 9 nitrogen and oxygen atoms in total. The molecule has 2 aromatic carbocycles. The molecule has 2 aromatic heterocycles. The van der Waals surface area contributed by atoms with Crippen LogP contribution in [0.25, 0.3) is 16.5 Å². The molecule has 0 bridgehead atoms. The lowest BCUT2D eigenvalue weighted by atomic mass is 9.98. The second-order valence-electron chi connectivity index (χ2n) is 10.5. The fourth-order valence-corrected chi connectivity index (χ4v) is 5.02. The summed E-state index contributed by atoms with van der Waals surface area (Å²) in [6.07, 6.45) is 2.41. The predicted molar refractivity (Wildman–Crippen MR) is 156 cm³/mol. The van der Waals surface area contributed by atoms with E-state index >= 15 is 0 Å². The van der Waals surface area contributed by atoms with E-state index < -0.39 is 5.60 Å².